The van der Waals surface area contributed by atoms with E-state index in [4.69, 9.17) is 4.74 Å². The first-order valence-electron chi connectivity index (χ1n) is 6.85. The molecule has 0 spiro atoms. The van der Waals surface area contributed by atoms with Crippen molar-refractivity contribution in [2.75, 3.05) is 17.6 Å². The topological polar surface area (TPSA) is 84.5 Å². The predicted octanol–water partition coefficient (Wildman–Crippen LogP) is 1.41. The normalized spacial score (nSPS) is 20.0. The Morgan fingerprint density at radius 1 is 1.38 bits per heavy atom. The van der Waals surface area contributed by atoms with Gasteiger partial charge in [0.05, 0.1) is 18.0 Å². The lowest BCUT2D eigenvalue weighted by atomic mass is 10.1. The van der Waals surface area contributed by atoms with Gasteiger partial charge >= 0.3 is 0 Å². The summed E-state index contributed by atoms with van der Waals surface area (Å²) >= 11 is 0. The van der Waals surface area contributed by atoms with Gasteiger partial charge in [-0.3, -0.25) is 9.52 Å². The second kappa shape index (κ2) is 6.44. The number of carbonyl (C=O) groups excluding carboxylic acids is 1. The first-order valence-corrected chi connectivity index (χ1v) is 8.74. The molecule has 0 saturated carbocycles. The largest absolute Gasteiger partial charge is 0.368 e. The van der Waals surface area contributed by atoms with Gasteiger partial charge in [0.15, 0.2) is 0 Å². The molecule has 2 N–H and O–H groups in total. The lowest BCUT2D eigenvalue weighted by molar-refractivity contribution is -0.130. The van der Waals surface area contributed by atoms with Crippen LogP contribution in [0.2, 0.25) is 0 Å². The minimum atomic E-state index is -3.36. The Bertz CT molecular complexity index is 609. The van der Waals surface area contributed by atoms with E-state index in [2.05, 4.69) is 10.0 Å². The van der Waals surface area contributed by atoms with Crippen molar-refractivity contribution in [3.05, 3.63) is 29.8 Å². The van der Waals surface area contributed by atoms with Gasteiger partial charge in [-0.1, -0.05) is 18.2 Å². The third-order valence-corrected chi connectivity index (χ3v) is 3.89. The Balaban J connectivity index is 2.11. The maximum atomic E-state index is 12.1. The molecular formula is C14H20N2O4S. The quantitative estimate of drug-likeness (QED) is 0.861. The fourth-order valence-corrected chi connectivity index (χ4v) is 2.92. The first kappa shape index (κ1) is 15.8. The number of ether oxygens (including phenoxy) is 1. The summed E-state index contributed by atoms with van der Waals surface area (Å²) in [4.78, 5) is 12.1. The Morgan fingerprint density at radius 2 is 2.10 bits per heavy atom. The van der Waals surface area contributed by atoms with Crippen LogP contribution in [0.3, 0.4) is 0 Å². The number of nitrogens with one attached hydrogen (secondary N) is 2. The number of hydrogen-bond donors (Lipinski definition) is 2. The number of benzene rings is 1. The van der Waals surface area contributed by atoms with Crippen molar-refractivity contribution in [1.82, 2.24) is 5.32 Å². The number of sulfonamides is 1. The van der Waals surface area contributed by atoms with Crippen LogP contribution in [0, 0.1) is 0 Å². The van der Waals surface area contributed by atoms with Crippen LogP contribution in [0.5, 0.6) is 0 Å². The molecule has 1 amide bonds. The second-order valence-electron chi connectivity index (χ2n) is 5.19. The van der Waals surface area contributed by atoms with Crippen LogP contribution < -0.4 is 10.0 Å². The molecule has 0 aliphatic carbocycles. The van der Waals surface area contributed by atoms with Crippen LogP contribution in [0.1, 0.15) is 31.4 Å². The smallest absolute Gasteiger partial charge is 0.249 e. The van der Waals surface area contributed by atoms with E-state index in [1.54, 1.807) is 24.3 Å². The fourth-order valence-electron chi connectivity index (χ4n) is 2.34. The molecular weight excluding hydrogens is 292 g/mol. The third-order valence-electron chi connectivity index (χ3n) is 3.30. The molecule has 1 aromatic carbocycles. The zero-order valence-electron chi connectivity index (χ0n) is 12.1. The minimum Gasteiger partial charge on any atom is -0.368 e. The molecule has 116 valence electrons. The Labute approximate surface area is 124 Å². The molecule has 1 fully saturated rings. The SMILES string of the molecule is C[C@@H](NC(=O)[C@@H]1CCCO1)c1ccccc1NS(C)(=O)=O. The maximum absolute atomic E-state index is 12.1. The van der Waals surface area contributed by atoms with Gasteiger partial charge in [0, 0.05) is 6.61 Å². The number of rotatable bonds is 5. The molecule has 0 unspecified atom stereocenters. The molecule has 6 nitrogen and oxygen atoms in total. The lowest BCUT2D eigenvalue weighted by Gasteiger charge is -2.20. The van der Waals surface area contributed by atoms with Crippen molar-refractivity contribution < 1.29 is 17.9 Å². The highest BCUT2D eigenvalue weighted by Gasteiger charge is 2.25. The van der Waals surface area contributed by atoms with E-state index >= 15 is 0 Å². The molecule has 1 aliphatic rings. The van der Waals surface area contributed by atoms with Crippen LogP contribution in [0.25, 0.3) is 0 Å². The maximum Gasteiger partial charge on any atom is 0.249 e. The standard InChI is InChI=1S/C14H20N2O4S/c1-10(15-14(17)13-8-5-9-20-13)11-6-3-4-7-12(11)16-21(2,18)19/h3-4,6-7,10,13,16H,5,8-9H2,1-2H3,(H,15,17)/t10-,13+/m1/s1. The molecule has 21 heavy (non-hydrogen) atoms. The molecule has 0 bridgehead atoms. The summed E-state index contributed by atoms with van der Waals surface area (Å²) in [5.41, 5.74) is 1.19. The van der Waals surface area contributed by atoms with Gasteiger partial charge in [-0.05, 0) is 31.4 Å². The predicted molar refractivity (Wildman–Crippen MR) is 80.4 cm³/mol. The van der Waals surface area contributed by atoms with Crippen LogP contribution in [-0.4, -0.2) is 33.3 Å². The molecule has 7 heteroatoms. The van der Waals surface area contributed by atoms with E-state index in [1.807, 2.05) is 6.92 Å². The van der Waals surface area contributed by atoms with Crippen molar-refractivity contribution in [2.24, 2.45) is 0 Å². The van der Waals surface area contributed by atoms with E-state index in [9.17, 15) is 13.2 Å². The van der Waals surface area contributed by atoms with Crippen LogP contribution in [0.4, 0.5) is 5.69 Å². The summed E-state index contributed by atoms with van der Waals surface area (Å²) in [6.45, 7) is 2.42. The van der Waals surface area contributed by atoms with Crippen molar-refractivity contribution in [1.29, 1.82) is 0 Å². The van der Waals surface area contributed by atoms with Crippen molar-refractivity contribution in [2.45, 2.75) is 31.9 Å². The first-order chi connectivity index (χ1) is 9.87. The number of hydrogen-bond acceptors (Lipinski definition) is 4. The van der Waals surface area contributed by atoms with Gasteiger partial charge in [0.1, 0.15) is 6.10 Å². The van der Waals surface area contributed by atoms with Gasteiger partial charge in [-0.2, -0.15) is 0 Å². The summed E-state index contributed by atoms with van der Waals surface area (Å²) in [6, 6.07) is 6.69. The van der Waals surface area contributed by atoms with Crippen molar-refractivity contribution >= 4 is 21.6 Å². The number of para-hydroxylation sites is 1. The van der Waals surface area contributed by atoms with Crippen LogP contribution in [0.15, 0.2) is 24.3 Å². The third kappa shape index (κ3) is 4.44. The zero-order chi connectivity index (χ0) is 15.5. The minimum absolute atomic E-state index is 0.158. The molecule has 1 saturated heterocycles. The summed E-state index contributed by atoms with van der Waals surface area (Å²) in [6.07, 6.45) is 2.31. The molecule has 1 aliphatic heterocycles. The molecule has 1 aromatic rings. The van der Waals surface area contributed by atoms with Gasteiger partial charge in [-0.15, -0.1) is 0 Å². The molecule has 1 heterocycles. The van der Waals surface area contributed by atoms with Gasteiger partial charge in [-0.25, -0.2) is 8.42 Å². The van der Waals surface area contributed by atoms with E-state index < -0.39 is 16.1 Å². The second-order valence-corrected chi connectivity index (χ2v) is 6.94. The van der Waals surface area contributed by atoms with Gasteiger partial charge in [0.2, 0.25) is 15.9 Å². The highest BCUT2D eigenvalue weighted by molar-refractivity contribution is 7.92. The van der Waals surface area contributed by atoms with E-state index in [1.165, 1.54) is 0 Å². The zero-order valence-corrected chi connectivity index (χ0v) is 12.9. The fraction of sp³-hybridized carbons (Fsp3) is 0.500. The van der Waals surface area contributed by atoms with Crippen molar-refractivity contribution in [3.63, 3.8) is 0 Å². The molecule has 2 rings (SSSR count). The highest BCUT2D eigenvalue weighted by Crippen LogP contribution is 2.24. The van der Waals surface area contributed by atoms with E-state index in [0.717, 1.165) is 19.1 Å². The number of carbonyl (C=O) groups is 1. The summed E-state index contributed by atoms with van der Waals surface area (Å²) < 4.78 is 30.6. The van der Waals surface area contributed by atoms with Crippen molar-refractivity contribution in [3.8, 4) is 0 Å². The van der Waals surface area contributed by atoms with Crippen LogP contribution in [-0.2, 0) is 19.6 Å². The number of amides is 1. The molecule has 2 atom stereocenters. The van der Waals surface area contributed by atoms with E-state index in [0.29, 0.717) is 17.9 Å². The average Bonchev–Trinajstić information content (AvgIpc) is 2.91. The van der Waals surface area contributed by atoms with Crippen LogP contribution >= 0.6 is 0 Å². The summed E-state index contributed by atoms with van der Waals surface area (Å²) in [5.74, 6) is -0.158. The monoisotopic (exact) mass is 312 g/mol. The Hall–Kier alpha value is -1.60. The Kier molecular flexibility index (Phi) is 4.84. The Morgan fingerprint density at radius 3 is 2.71 bits per heavy atom. The number of anilines is 1. The van der Waals surface area contributed by atoms with Gasteiger partial charge < -0.3 is 10.1 Å². The van der Waals surface area contributed by atoms with Gasteiger partial charge in [0.25, 0.3) is 0 Å². The highest BCUT2D eigenvalue weighted by atomic mass is 32.2. The lowest BCUT2D eigenvalue weighted by Crippen LogP contribution is -2.36. The average molecular weight is 312 g/mol. The summed E-state index contributed by atoms with van der Waals surface area (Å²) in [7, 11) is -3.36. The van der Waals surface area contributed by atoms with E-state index in [-0.39, 0.29) is 11.9 Å². The summed E-state index contributed by atoms with van der Waals surface area (Å²) in [5, 5.41) is 2.87. The molecule has 0 aromatic heterocycles. The molecule has 0 radical (unpaired) electrons.